The van der Waals surface area contributed by atoms with Crippen LogP contribution in [0.2, 0.25) is 0 Å². The van der Waals surface area contributed by atoms with Gasteiger partial charge in [-0.15, -0.1) is 0 Å². The Kier molecular flexibility index (Phi) is 5.39. The minimum Gasteiger partial charge on any atom is -0.394 e. The second-order valence-electron chi connectivity index (χ2n) is 4.43. The minimum absolute atomic E-state index is 0.0731. The van der Waals surface area contributed by atoms with Gasteiger partial charge in [0.2, 0.25) is 0 Å². The average molecular weight is 248 g/mol. The minimum atomic E-state index is 0.0731. The molecule has 18 heavy (non-hydrogen) atoms. The van der Waals surface area contributed by atoms with E-state index in [4.69, 9.17) is 14.6 Å². The molecule has 1 aliphatic rings. The standard InChI is InChI=1S/C15H20O3/c16-11-15-14(18-15)9-5-2-6-10-17-12-13-7-3-1-4-8-13/h1-5,7-8,14-16H,6,9-12H2/b5-2+/t14-,15-/m0/s1. The summed E-state index contributed by atoms with van der Waals surface area (Å²) in [4.78, 5) is 0. The number of rotatable bonds is 8. The van der Waals surface area contributed by atoms with E-state index in [-0.39, 0.29) is 18.8 Å². The molecule has 0 saturated carbocycles. The number of aliphatic hydroxyl groups excluding tert-OH is 1. The van der Waals surface area contributed by atoms with Crippen molar-refractivity contribution in [3.05, 3.63) is 48.0 Å². The summed E-state index contributed by atoms with van der Waals surface area (Å²) in [5, 5.41) is 8.79. The molecule has 2 rings (SSSR count). The van der Waals surface area contributed by atoms with E-state index in [2.05, 4.69) is 24.3 Å². The van der Waals surface area contributed by atoms with Gasteiger partial charge >= 0.3 is 0 Å². The zero-order valence-electron chi connectivity index (χ0n) is 10.5. The first-order chi connectivity index (χ1) is 8.90. The first-order valence-corrected chi connectivity index (χ1v) is 6.43. The number of epoxide rings is 1. The van der Waals surface area contributed by atoms with Crippen molar-refractivity contribution in [1.29, 1.82) is 0 Å². The number of aliphatic hydroxyl groups is 1. The molecule has 0 spiro atoms. The van der Waals surface area contributed by atoms with Gasteiger partial charge in [0.1, 0.15) is 6.10 Å². The molecule has 0 amide bonds. The van der Waals surface area contributed by atoms with Crippen LogP contribution >= 0.6 is 0 Å². The third-order valence-corrected chi connectivity index (χ3v) is 2.94. The quantitative estimate of drug-likeness (QED) is 0.436. The molecule has 1 aromatic carbocycles. The summed E-state index contributed by atoms with van der Waals surface area (Å²) in [5.74, 6) is 0. The van der Waals surface area contributed by atoms with E-state index in [0.29, 0.717) is 6.61 Å². The van der Waals surface area contributed by atoms with Gasteiger partial charge in [0, 0.05) is 0 Å². The molecular weight excluding hydrogens is 228 g/mol. The summed E-state index contributed by atoms with van der Waals surface area (Å²) in [5.41, 5.74) is 1.21. The van der Waals surface area contributed by atoms with Crippen LogP contribution in [0.25, 0.3) is 0 Å². The topological polar surface area (TPSA) is 42.0 Å². The Hall–Kier alpha value is -1.16. The van der Waals surface area contributed by atoms with E-state index in [0.717, 1.165) is 19.4 Å². The first-order valence-electron chi connectivity index (χ1n) is 6.43. The van der Waals surface area contributed by atoms with Crippen molar-refractivity contribution in [3.8, 4) is 0 Å². The highest BCUT2D eigenvalue weighted by Gasteiger charge is 2.36. The lowest BCUT2D eigenvalue weighted by Gasteiger charge is -2.01. The van der Waals surface area contributed by atoms with Crippen molar-refractivity contribution in [1.82, 2.24) is 0 Å². The highest BCUT2D eigenvalue weighted by molar-refractivity contribution is 5.13. The van der Waals surface area contributed by atoms with Crippen molar-refractivity contribution in [2.75, 3.05) is 13.2 Å². The Morgan fingerprint density at radius 2 is 2.00 bits per heavy atom. The highest BCUT2D eigenvalue weighted by atomic mass is 16.6. The van der Waals surface area contributed by atoms with Crippen LogP contribution in [0.4, 0.5) is 0 Å². The van der Waals surface area contributed by atoms with Gasteiger partial charge in [-0.2, -0.15) is 0 Å². The third kappa shape index (κ3) is 4.61. The molecule has 1 aliphatic heterocycles. The van der Waals surface area contributed by atoms with E-state index in [1.807, 2.05) is 18.2 Å². The van der Waals surface area contributed by atoms with Gasteiger partial charge in [0.05, 0.1) is 25.9 Å². The van der Waals surface area contributed by atoms with E-state index in [1.165, 1.54) is 5.56 Å². The number of hydrogen-bond donors (Lipinski definition) is 1. The lowest BCUT2D eigenvalue weighted by Crippen LogP contribution is -1.97. The van der Waals surface area contributed by atoms with E-state index in [9.17, 15) is 0 Å². The van der Waals surface area contributed by atoms with Crippen molar-refractivity contribution in [3.63, 3.8) is 0 Å². The summed E-state index contributed by atoms with van der Waals surface area (Å²) in [7, 11) is 0. The Labute approximate surface area is 108 Å². The molecule has 0 radical (unpaired) electrons. The first kappa shape index (κ1) is 13.3. The van der Waals surface area contributed by atoms with Crippen molar-refractivity contribution < 1.29 is 14.6 Å². The van der Waals surface area contributed by atoms with Crippen LogP contribution in [-0.2, 0) is 16.1 Å². The summed E-state index contributed by atoms with van der Waals surface area (Å²) in [6, 6.07) is 10.2. The second-order valence-corrected chi connectivity index (χ2v) is 4.43. The molecule has 1 aromatic rings. The molecule has 1 saturated heterocycles. The Bertz CT molecular complexity index is 361. The normalized spacial score (nSPS) is 22.5. The second kappa shape index (κ2) is 7.31. The molecule has 1 N–H and O–H groups in total. The molecular formula is C15H20O3. The molecule has 3 nitrogen and oxygen atoms in total. The SMILES string of the molecule is OC[C@@H]1O[C@H]1C/C=C/CCOCc1ccccc1. The van der Waals surface area contributed by atoms with Gasteiger partial charge in [-0.05, 0) is 18.4 Å². The Balaban J connectivity index is 1.48. The molecule has 2 atom stereocenters. The molecule has 1 fully saturated rings. The van der Waals surface area contributed by atoms with Gasteiger partial charge in [-0.3, -0.25) is 0 Å². The van der Waals surface area contributed by atoms with E-state index in [1.54, 1.807) is 0 Å². The summed E-state index contributed by atoms with van der Waals surface area (Å²) >= 11 is 0. The van der Waals surface area contributed by atoms with Crippen LogP contribution in [-0.4, -0.2) is 30.5 Å². The highest BCUT2D eigenvalue weighted by Crippen LogP contribution is 2.24. The van der Waals surface area contributed by atoms with Crippen molar-refractivity contribution in [2.45, 2.75) is 31.7 Å². The number of hydrogen-bond acceptors (Lipinski definition) is 3. The van der Waals surface area contributed by atoms with Gasteiger partial charge in [-0.25, -0.2) is 0 Å². The molecule has 0 aromatic heterocycles. The van der Waals surface area contributed by atoms with Gasteiger partial charge in [0.25, 0.3) is 0 Å². The van der Waals surface area contributed by atoms with E-state index >= 15 is 0 Å². The van der Waals surface area contributed by atoms with Crippen LogP contribution in [0.15, 0.2) is 42.5 Å². The van der Waals surface area contributed by atoms with E-state index < -0.39 is 0 Å². The lowest BCUT2D eigenvalue weighted by atomic mass is 10.2. The maximum Gasteiger partial charge on any atom is 0.107 e. The largest absolute Gasteiger partial charge is 0.394 e. The molecule has 98 valence electrons. The van der Waals surface area contributed by atoms with Gasteiger partial charge in [-0.1, -0.05) is 42.5 Å². The maximum absolute atomic E-state index is 8.79. The fourth-order valence-electron chi connectivity index (χ4n) is 1.81. The summed E-state index contributed by atoms with van der Waals surface area (Å²) in [6.45, 7) is 1.55. The fraction of sp³-hybridized carbons (Fsp3) is 0.467. The molecule has 0 unspecified atom stereocenters. The molecule has 0 aliphatic carbocycles. The predicted molar refractivity (Wildman–Crippen MR) is 70.2 cm³/mol. The lowest BCUT2D eigenvalue weighted by molar-refractivity contribution is 0.125. The zero-order valence-corrected chi connectivity index (χ0v) is 10.5. The molecule has 0 bridgehead atoms. The predicted octanol–water partition coefficient (Wildman–Crippen LogP) is 2.30. The van der Waals surface area contributed by atoms with Crippen LogP contribution in [0.1, 0.15) is 18.4 Å². The third-order valence-electron chi connectivity index (χ3n) is 2.94. The van der Waals surface area contributed by atoms with Crippen LogP contribution < -0.4 is 0 Å². The van der Waals surface area contributed by atoms with Crippen molar-refractivity contribution in [2.24, 2.45) is 0 Å². The van der Waals surface area contributed by atoms with Crippen LogP contribution in [0.3, 0.4) is 0 Å². The van der Waals surface area contributed by atoms with Gasteiger partial charge < -0.3 is 14.6 Å². The number of benzene rings is 1. The van der Waals surface area contributed by atoms with Crippen LogP contribution in [0.5, 0.6) is 0 Å². The Morgan fingerprint density at radius 3 is 2.72 bits per heavy atom. The summed E-state index contributed by atoms with van der Waals surface area (Å²) < 4.78 is 10.8. The Morgan fingerprint density at radius 1 is 1.17 bits per heavy atom. The molecule has 3 heteroatoms. The fourth-order valence-corrected chi connectivity index (χ4v) is 1.81. The maximum atomic E-state index is 8.79. The van der Waals surface area contributed by atoms with Crippen LogP contribution in [0, 0.1) is 0 Å². The van der Waals surface area contributed by atoms with Gasteiger partial charge in [0.15, 0.2) is 0 Å². The molecule has 1 heterocycles. The average Bonchev–Trinajstić information content (AvgIpc) is 3.17. The number of ether oxygens (including phenoxy) is 2. The monoisotopic (exact) mass is 248 g/mol. The zero-order chi connectivity index (χ0) is 12.6. The summed E-state index contributed by atoms with van der Waals surface area (Å²) in [6.07, 6.45) is 6.33. The van der Waals surface area contributed by atoms with Crippen molar-refractivity contribution >= 4 is 0 Å². The smallest absolute Gasteiger partial charge is 0.107 e.